The predicted molar refractivity (Wildman–Crippen MR) is 84.0 cm³/mol. The van der Waals surface area contributed by atoms with Crippen molar-refractivity contribution in [3.05, 3.63) is 89.0 Å². The van der Waals surface area contributed by atoms with Crippen LogP contribution in [-0.2, 0) is 0 Å². The minimum Gasteiger partial charge on any atom is -0.258 e. The first-order chi connectivity index (χ1) is 10.2. The zero-order valence-corrected chi connectivity index (χ0v) is 11.3. The maximum atomic E-state index is 10.7. The van der Waals surface area contributed by atoms with Gasteiger partial charge in [0.15, 0.2) is 0 Å². The topological polar surface area (TPSA) is 43.1 Å². The smallest absolute Gasteiger partial charge is 0.258 e. The summed E-state index contributed by atoms with van der Waals surface area (Å²) in [5.74, 6) is 0. The summed E-state index contributed by atoms with van der Waals surface area (Å²) in [6.07, 6.45) is 0. The molecule has 0 heterocycles. The highest BCUT2D eigenvalue weighted by Gasteiger charge is 2.05. The van der Waals surface area contributed by atoms with Gasteiger partial charge in [0, 0.05) is 12.1 Å². The molecule has 0 saturated heterocycles. The molecule has 3 aromatic carbocycles. The van der Waals surface area contributed by atoms with Crippen molar-refractivity contribution in [1.82, 2.24) is 0 Å². The van der Waals surface area contributed by atoms with Crippen LogP contribution >= 0.6 is 0 Å². The van der Waals surface area contributed by atoms with Crippen LogP contribution in [0, 0.1) is 10.1 Å². The molecule has 21 heavy (non-hydrogen) atoms. The average molecular weight is 275 g/mol. The maximum absolute atomic E-state index is 10.7. The lowest BCUT2D eigenvalue weighted by atomic mass is 10.0. The number of non-ortho nitro benzene ring substituents is 1. The molecule has 0 saturated carbocycles. The lowest BCUT2D eigenvalue weighted by molar-refractivity contribution is -0.384. The molecule has 3 rings (SSSR count). The Kier molecular flexibility index (Phi) is 3.48. The number of rotatable bonds is 3. The molecule has 0 aliphatic rings. The Labute approximate surface area is 122 Å². The first kappa shape index (κ1) is 13.1. The monoisotopic (exact) mass is 275 g/mol. The van der Waals surface area contributed by atoms with E-state index in [0.717, 1.165) is 16.7 Å². The van der Waals surface area contributed by atoms with Crippen LogP contribution in [0.5, 0.6) is 0 Å². The van der Waals surface area contributed by atoms with Gasteiger partial charge in [-0.3, -0.25) is 10.1 Å². The summed E-state index contributed by atoms with van der Waals surface area (Å²) < 4.78 is 0. The Morgan fingerprint density at radius 3 is 1.38 bits per heavy atom. The fourth-order valence-electron chi connectivity index (χ4n) is 2.26. The van der Waals surface area contributed by atoms with Crippen molar-refractivity contribution < 1.29 is 4.92 Å². The second kappa shape index (κ2) is 5.59. The van der Waals surface area contributed by atoms with Gasteiger partial charge in [-0.25, -0.2) is 0 Å². The lowest BCUT2D eigenvalue weighted by Crippen LogP contribution is -1.87. The predicted octanol–water partition coefficient (Wildman–Crippen LogP) is 4.93. The quantitative estimate of drug-likeness (QED) is 0.502. The summed E-state index contributed by atoms with van der Waals surface area (Å²) in [6.45, 7) is 0. The molecule has 0 amide bonds. The number of benzene rings is 3. The van der Waals surface area contributed by atoms with Gasteiger partial charge in [0.05, 0.1) is 4.92 Å². The van der Waals surface area contributed by atoms with Crippen LogP contribution in [0.15, 0.2) is 78.9 Å². The van der Waals surface area contributed by atoms with Crippen LogP contribution in [0.4, 0.5) is 5.69 Å². The number of hydrogen-bond acceptors (Lipinski definition) is 2. The minimum absolute atomic E-state index is 0.111. The standard InChI is InChI=1S/C18H13NO2/c20-19(21)18-12-10-17(11-13-18)16-8-6-15(7-9-16)14-4-2-1-3-5-14/h1-13H. The third-order valence-corrected chi connectivity index (χ3v) is 3.40. The molecule has 0 radical (unpaired) electrons. The third-order valence-electron chi connectivity index (χ3n) is 3.40. The Hall–Kier alpha value is -2.94. The molecule has 0 N–H and O–H groups in total. The van der Waals surface area contributed by atoms with Crippen molar-refractivity contribution in [2.24, 2.45) is 0 Å². The van der Waals surface area contributed by atoms with Gasteiger partial charge in [0.1, 0.15) is 0 Å². The van der Waals surface area contributed by atoms with E-state index in [1.165, 1.54) is 17.7 Å². The van der Waals surface area contributed by atoms with Gasteiger partial charge in [-0.05, 0) is 34.4 Å². The van der Waals surface area contributed by atoms with E-state index in [9.17, 15) is 10.1 Å². The Balaban J connectivity index is 1.89. The van der Waals surface area contributed by atoms with Crippen LogP contribution in [0.3, 0.4) is 0 Å². The summed E-state index contributed by atoms with van der Waals surface area (Å²) in [5, 5.41) is 10.7. The summed E-state index contributed by atoms with van der Waals surface area (Å²) >= 11 is 0. The van der Waals surface area contributed by atoms with Crippen molar-refractivity contribution in [2.75, 3.05) is 0 Å². The van der Waals surface area contributed by atoms with Crippen molar-refractivity contribution in [3.8, 4) is 22.3 Å². The SMILES string of the molecule is O=[N+]([O-])c1ccc(-c2ccc(-c3ccccc3)cc2)cc1. The van der Waals surface area contributed by atoms with Gasteiger partial charge in [-0.1, -0.05) is 54.6 Å². The van der Waals surface area contributed by atoms with Gasteiger partial charge < -0.3 is 0 Å². The van der Waals surface area contributed by atoms with E-state index in [0.29, 0.717) is 0 Å². The second-order valence-corrected chi connectivity index (χ2v) is 4.75. The molecule has 0 aromatic heterocycles. The molecular formula is C18H13NO2. The van der Waals surface area contributed by atoms with Crippen LogP contribution in [0.25, 0.3) is 22.3 Å². The first-order valence-corrected chi connectivity index (χ1v) is 6.64. The molecule has 3 aromatic rings. The molecule has 0 atom stereocenters. The summed E-state index contributed by atoms with van der Waals surface area (Å²) in [5.41, 5.74) is 4.46. The minimum atomic E-state index is -0.387. The number of hydrogen-bond donors (Lipinski definition) is 0. The van der Waals surface area contributed by atoms with Crippen LogP contribution in [0.2, 0.25) is 0 Å². The molecule has 0 aliphatic heterocycles. The maximum Gasteiger partial charge on any atom is 0.269 e. The van der Waals surface area contributed by atoms with E-state index in [4.69, 9.17) is 0 Å². The molecule has 0 bridgehead atoms. The zero-order chi connectivity index (χ0) is 14.7. The molecule has 0 aliphatic carbocycles. The van der Waals surface area contributed by atoms with Gasteiger partial charge >= 0.3 is 0 Å². The van der Waals surface area contributed by atoms with Gasteiger partial charge in [-0.15, -0.1) is 0 Å². The van der Waals surface area contributed by atoms with E-state index in [1.54, 1.807) is 12.1 Å². The summed E-state index contributed by atoms with van der Waals surface area (Å²) in [6, 6.07) is 25.0. The average Bonchev–Trinajstić information content (AvgIpc) is 2.56. The largest absolute Gasteiger partial charge is 0.269 e. The normalized spacial score (nSPS) is 10.3. The summed E-state index contributed by atoms with van der Waals surface area (Å²) in [7, 11) is 0. The molecule has 0 unspecified atom stereocenters. The molecular weight excluding hydrogens is 262 g/mol. The highest BCUT2D eigenvalue weighted by molar-refractivity contribution is 5.70. The first-order valence-electron chi connectivity index (χ1n) is 6.64. The van der Waals surface area contributed by atoms with E-state index in [2.05, 4.69) is 24.3 Å². The van der Waals surface area contributed by atoms with E-state index in [1.807, 2.05) is 30.3 Å². The number of nitro benzene ring substituents is 1. The zero-order valence-electron chi connectivity index (χ0n) is 11.3. The molecule has 3 heteroatoms. The van der Waals surface area contributed by atoms with Crippen molar-refractivity contribution in [1.29, 1.82) is 0 Å². The van der Waals surface area contributed by atoms with Crippen LogP contribution < -0.4 is 0 Å². The fourth-order valence-corrected chi connectivity index (χ4v) is 2.26. The van der Waals surface area contributed by atoms with Crippen molar-refractivity contribution in [2.45, 2.75) is 0 Å². The Morgan fingerprint density at radius 2 is 0.952 bits per heavy atom. The molecule has 3 nitrogen and oxygen atoms in total. The molecule has 0 fully saturated rings. The van der Waals surface area contributed by atoms with Crippen LogP contribution in [-0.4, -0.2) is 4.92 Å². The second-order valence-electron chi connectivity index (χ2n) is 4.75. The molecule has 0 spiro atoms. The van der Waals surface area contributed by atoms with E-state index < -0.39 is 0 Å². The third kappa shape index (κ3) is 2.82. The number of nitrogens with zero attached hydrogens (tertiary/aromatic N) is 1. The van der Waals surface area contributed by atoms with E-state index in [-0.39, 0.29) is 10.6 Å². The molecule has 102 valence electrons. The fraction of sp³-hybridized carbons (Fsp3) is 0. The van der Waals surface area contributed by atoms with Gasteiger partial charge in [0.2, 0.25) is 0 Å². The number of nitro groups is 1. The van der Waals surface area contributed by atoms with Gasteiger partial charge in [0.25, 0.3) is 5.69 Å². The van der Waals surface area contributed by atoms with E-state index >= 15 is 0 Å². The Morgan fingerprint density at radius 1 is 0.571 bits per heavy atom. The highest BCUT2D eigenvalue weighted by Crippen LogP contribution is 2.26. The van der Waals surface area contributed by atoms with Crippen molar-refractivity contribution >= 4 is 5.69 Å². The van der Waals surface area contributed by atoms with Crippen molar-refractivity contribution in [3.63, 3.8) is 0 Å². The summed E-state index contributed by atoms with van der Waals surface area (Å²) in [4.78, 5) is 10.3. The lowest BCUT2D eigenvalue weighted by Gasteiger charge is -2.05. The Bertz CT molecular complexity index is 747. The van der Waals surface area contributed by atoms with Gasteiger partial charge in [-0.2, -0.15) is 0 Å². The van der Waals surface area contributed by atoms with Crippen LogP contribution in [0.1, 0.15) is 0 Å². The highest BCUT2D eigenvalue weighted by atomic mass is 16.6.